The van der Waals surface area contributed by atoms with Crippen molar-refractivity contribution in [2.75, 3.05) is 17.7 Å². The summed E-state index contributed by atoms with van der Waals surface area (Å²) in [7, 11) is 1.72. The lowest BCUT2D eigenvalue weighted by Crippen LogP contribution is -2.25. The fraction of sp³-hybridized carbons (Fsp3) is 0.667. The molecule has 1 aromatic rings. The first kappa shape index (κ1) is 15.5. The van der Waals surface area contributed by atoms with Crippen molar-refractivity contribution in [3.8, 4) is 0 Å². The Kier molecular flexibility index (Phi) is 4.97. The minimum atomic E-state index is -4.19. The average Bonchev–Trinajstić information content (AvgIpc) is 2.29. The van der Waals surface area contributed by atoms with Gasteiger partial charge in [0.2, 0.25) is 0 Å². The minimum absolute atomic E-state index is 0.452. The number of anilines is 2. The van der Waals surface area contributed by atoms with Gasteiger partial charge in [0.1, 0.15) is 17.5 Å². The van der Waals surface area contributed by atoms with Crippen molar-refractivity contribution in [1.29, 1.82) is 0 Å². The Bertz CT molecular complexity index is 432. The lowest BCUT2D eigenvalue weighted by atomic mass is 10.2. The van der Waals surface area contributed by atoms with Crippen LogP contribution in [-0.4, -0.2) is 29.2 Å². The fourth-order valence-electron chi connectivity index (χ4n) is 1.74. The lowest BCUT2D eigenvalue weighted by Gasteiger charge is -2.19. The van der Waals surface area contributed by atoms with Gasteiger partial charge in [0.05, 0.1) is 6.42 Å². The molecule has 19 heavy (non-hydrogen) atoms. The molecule has 0 aliphatic carbocycles. The fourth-order valence-corrected chi connectivity index (χ4v) is 1.74. The van der Waals surface area contributed by atoms with Crippen molar-refractivity contribution in [2.45, 2.75) is 45.8 Å². The summed E-state index contributed by atoms with van der Waals surface area (Å²) in [5.74, 6) is 1.68. The molecule has 4 nitrogen and oxygen atoms in total. The molecule has 1 unspecified atom stereocenters. The maximum atomic E-state index is 12.3. The molecule has 0 bridgehead atoms. The summed E-state index contributed by atoms with van der Waals surface area (Å²) < 4.78 is 36.9. The topological polar surface area (TPSA) is 49.8 Å². The second-order valence-corrected chi connectivity index (χ2v) is 4.43. The highest BCUT2D eigenvalue weighted by Crippen LogP contribution is 2.25. The molecule has 0 spiro atoms. The summed E-state index contributed by atoms with van der Waals surface area (Å²) in [5, 5.41) is 5.72. The van der Waals surface area contributed by atoms with Gasteiger partial charge in [-0.3, -0.25) is 0 Å². The number of rotatable bonds is 5. The summed E-state index contributed by atoms with van der Waals surface area (Å²) in [5.41, 5.74) is 0.716. The van der Waals surface area contributed by atoms with E-state index in [1.165, 1.54) is 6.92 Å². The molecular formula is C12H19F3N4. The Labute approximate surface area is 110 Å². The van der Waals surface area contributed by atoms with Gasteiger partial charge in [-0.2, -0.15) is 13.2 Å². The molecular weight excluding hydrogens is 257 g/mol. The van der Waals surface area contributed by atoms with Crippen LogP contribution >= 0.6 is 0 Å². The Morgan fingerprint density at radius 3 is 2.26 bits per heavy atom. The highest BCUT2D eigenvalue weighted by molar-refractivity contribution is 5.57. The minimum Gasteiger partial charge on any atom is -0.373 e. The van der Waals surface area contributed by atoms with Gasteiger partial charge in [0, 0.05) is 25.1 Å². The van der Waals surface area contributed by atoms with Gasteiger partial charge in [-0.15, -0.1) is 0 Å². The smallest absolute Gasteiger partial charge is 0.373 e. The molecule has 7 heteroatoms. The molecule has 108 valence electrons. The molecule has 0 saturated heterocycles. The van der Waals surface area contributed by atoms with Crippen molar-refractivity contribution >= 4 is 11.6 Å². The largest absolute Gasteiger partial charge is 0.391 e. The van der Waals surface area contributed by atoms with Crippen molar-refractivity contribution < 1.29 is 13.2 Å². The van der Waals surface area contributed by atoms with Crippen LogP contribution in [0.3, 0.4) is 0 Å². The lowest BCUT2D eigenvalue weighted by molar-refractivity contribution is -0.136. The number of aryl methyl sites for hydroxylation is 1. The van der Waals surface area contributed by atoms with E-state index < -0.39 is 18.6 Å². The molecule has 1 atom stereocenters. The Morgan fingerprint density at radius 2 is 1.79 bits per heavy atom. The zero-order chi connectivity index (χ0) is 14.6. The van der Waals surface area contributed by atoms with E-state index in [2.05, 4.69) is 20.6 Å². The van der Waals surface area contributed by atoms with Crippen molar-refractivity contribution in [2.24, 2.45) is 0 Å². The molecule has 0 saturated carbocycles. The highest BCUT2D eigenvalue weighted by Gasteiger charge is 2.30. The first-order valence-electron chi connectivity index (χ1n) is 6.15. The Balaban J connectivity index is 2.93. The first-order chi connectivity index (χ1) is 8.76. The highest BCUT2D eigenvalue weighted by atomic mass is 19.4. The van der Waals surface area contributed by atoms with Crippen LogP contribution in [0.4, 0.5) is 24.8 Å². The summed E-state index contributed by atoms with van der Waals surface area (Å²) in [6.07, 6.45) is -4.46. The SMILES string of the molecule is CCc1nc(NC)c(C)c(NC(C)CC(F)(F)F)n1. The Morgan fingerprint density at radius 1 is 1.21 bits per heavy atom. The summed E-state index contributed by atoms with van der Waals surface area (Å²) in [6, 6.07) is -0.733. The predicted octanol–water partition coefficient (Wildman–Crippen LogP) is 3.14. The van der Waals surface area contributed by atoms with E-state index in [1.807, 2.05) is 6.92 Å². The van der Waals surface area contributed by atoms with Crippen LogP contribution in [0.5, 0.6) is 0 Å². The van der Waals surface area contributed by atoms with E-state index in [4.69, 9.17) is 0 Å². The van der Waals surface area contributed by atoms with Crippen LogP contribution in [0, 0.1) is 6.92 Å². The molecule has 0 aromatic carbocycles. The molecule has 1 aromatic heterocycles. The number of aromatic nitrogens is 2. The van der Waals surface area contributed by atoms with E-state index in [0.717, 1.165) is 0 Å². The van der Waals surface area contributed by atoms with Gasteiger partial charge in [-0.1, -0.05) is 6.92 Å². The van der Waals surface area contributed by atoms with Gasteiger partial charge in [-0.25, -0.2) is 9.97 Å². The number of nitrogens with one attached hydrogen (secondary N) is 2. The van der Waals surface area contributed by atoms with Crippen LogP contribution < -0.4 is 10.6 Å². The average molecular weight is 276 g/mol. The van der Waals surface area contributed by atoms with E-state index in [1.54, 1.807) is 14.0 Å². The second kappa shape index (κ2) is 6.08. The third-order valence-corrected chi connectivity index (χ3v) is 2.67. The zero-order valence-electron chi connectivity index (χ0n) is 11.5. The number of nitrogens with zero attached hydrogens (tertiary/aromatic N) is 2. The zero-order valence-corrected chi connectivity index (χ0v) is 11.5. The molecule has 0 aliphatic rings. The van der Waals surface area contributed by atoms with Crippen LogP contribution in [0.1, 0.15) is 31.7 Å². The summed E-state index contributed by atoms with van der Waals surface area (Å²) in [4.78, 5) is 8.51. The van der Waals surface area contributed by atoms with Gasteiger partial charge in [0.25, 0.3) is 0 Å². The number of halogens is 3. The molecule has 2 N–H and O–H groups in total. The van der Waals surface area contributed by atoms with Crippen LogP contribution in [0.25, 0.3) is 0 Å². The molecule has 1 heterocycles. The van der Waals surface area contributed by atoms with E-state index >= 15 is 0 Å². The molecule has 0 amide bonds. The van der Waals surface area contributed by atoms with Crippen molar-refractivity contribution in [3.63, 3.8) is 0 Å². The second-order valence-electron chi connectivity index (χ2n) is 4.43. The summed E-state index contributed by atoms with van der Waals surface area (Å²) in [6.45, 7) is 5.15. The van der Waals surface area contributed by atoms with Crippen LogP contribution in [0.2, 0.25) is 0 Å². The normalized spacial score (nSPS) is 13.2. The van der Waals surface area contributed by atoms with Gasteiger partial charge < -0.3 is 10.6 Å². The number of alkyl halides is 3. The maximum absolute atomic E-state index is 12.3. The van der Waals surface area contributed by atoms with E-state index in [9.17, 15) is 13.2 Å². The Hall–Kier alpha value is -1.53. The number of hydrogen-bond acceptors (Lipinski definition) is 4. The molecule has 0 aliphatic heterocycles. The first-order valence-corrected chi connectivity index (χ1v) is 6.15. The van der Waals surface area contributed by atoms with Crippen LogP contribution in [-0.2, 0) is 6.42 Å². The number of hydrogen-bond donors (Lipinski definition) is 2. The predicted molar refractivity (Wildman–Crippen MR) is 69.5 cm³/mol. The van der Waals surface area contributed by atoms with Crippen LogP contribution in [0.15, 0.2) is 0 Å². The van der Waals surface area contributed by atoms with Crippen molar-refractivity contribution in [1.82, 2.24) is 9.97 Å². The van der Waals surface area contributed by atoms with Gasteiger partial charge >= 0.3 is 6.18 Å². The molecule has 0 fully saturated rings. The van der Waals surface area contributed by atoms with E-state index in [0.29, 0.717) is 29.4 Å². The quantitative estimate of drug-likeness (QED) is 0.867. The maximum Gasteiger partial charge on any atom is 0.391 e. The monoisotopic (exact) mass is 276 g/mol. The molecule has 1 rings (SSSR count). The molecule has 0 radical (unpaired) electrons. The standard InChI is InChI=1S/C12H19F3N4/c1-5-9-18-10(16-4)8(3)11(19-9)17-7(2)6-12(13,14)15/h7H,5-6H2,1-4H3,(H2,16,17,18,19). The van der Waals surface area contributed by atoms with Gasteiger partial charge in [0.15, 0.2) is 0 Å². The third-order valence-electron chi connectivity index (χ3n) is 2.67. The summed E-state index contributed by atoms with van der Waals surface area (Å²) >= 11 is 0. The third kappa shape index (κ3) is 4.57. The van der Waals surface area contributed by atoms with E-state index in [-0.39, 0.29) is 0 Å². The van der Waals surface area contributed by atoms with Crippen molar-refractivity contribution in [3.05, 3.63) is 11.4 Å². The van der Waals surface area contributed by atoms with Gasteiger partial charge in [-0.05, 0) is 13.8 Å².